The highest BCUT2D eigenvalue weighted by molar-refractivity contribution is 5.80. The number of morpholine rings is 1. The Balaban J connectivity index is 1.77. The third kappa shape index (κ3) is 6.47. The van der Waals surface area contributed by atoms with Crippen molar-refractivity contribution in [2.45, 2.75) is 46.3 Å². The van der Waals surface area contributed by atoms with E-state index in [2.05, 4.69) is 35.9 Å². The number of hydrogen-bond acceptors (Lipinski definition) is 4. The summed E-state index contributed by atoms with van der Waals surface area (Å²) in [5.74, 6) is 1.14. The lowest BCUT2D eigenvalue weighted by molar-refractivity contribution is -0.130. The molecule has 2 rings (SSSR count). The minimum absolute atomic E-state index is 0.163. The second-order valence-corrected chi connectivity index (χ2v) is 7.10. The molecule has 2 atom stereocenters. The predicted octanol–water partition coefficient (Wildman–Crippen LogP) is 0.615. The van der Waals surface area contributed by atoms with Gasteiger partial charge in [-0.05, 0) is 27.2 Å². The second-order valence-electron chi connectivity index (χ2n) is 7.10. The summed E-state index contributed by atoms with van der Waals surface area (Å²) < 4.78 is 5.78. The first-order valence-corrected chi connectivity index (χ1v) is 9.66. The summed E-state index contributed by atoms with van der Waals surface area (Å²) in [6.45, 7) is 16.1. The average Bonchev–Trinajstić information content (AvgIpc) is 2.57. The molecule has 2 aliphatic heterocycles. The number of ether oxygens (including phenoxy) is 1. The van der Waals surface area contributed by atoms with Crippen LogP contribution in [0.1, 0.15) is 34.1 Å². The van der Waals surface area contributed by atoms with Crippen molar-refractivity contribution in [1.82, 2.24) is 20.0 Å². The van der Waals surface area contributed by atoms with E-state index < -0.39 is 0 Å². The fourth-order valence-corrected chi connectivity index (χ4v) is 3.61. The summed E-state index contributed by atoms with van der Waals surface area (Å²) >= 11 is 0. The van der Waals surface area contributed by atoms with Crippen LogP contribution in [0.2, 0.25) is 0 Å². The molecule has 1 amide bonds. The molecule has 2 fully saturated rings. The van der Waals surface area contributed by atoms with Crippen LogP contribution in [0.15, 0.2) is 4.99 Å². The van der Waals surface area contributed by atoms with E-state index in [-0.39, 0.29) is 5.91 Å². The topological polar surface area (TPSA) is 60.4 Å². The van der Waals surface area contributed by atoms with Crippen LogP contribution in [-0.4, -0.2) is 97.7 Å². The molecule has 0 saturated carbocycles. The summed E-state index contributed by atoms with van der Waals surface area (Å²) in [4.78, 5) is 22.9. The van der Waals surface area contributed by atoms with E-state index in [4.69, 9.17) is 9.73 Å². The zero-order valence-electron chi connectivity index (χ0n) is 16.3. The van der Waals surface area contributed by atoms with Crippen LogP contribution in [0.5, 0.6) is 0 Å². The number of nitrogens with one attached hydrogen (secondary N) is 1. The summed E-state index contributed by atoms with van der Waals surface area (Å²) in [5.41, 5.74) is 0. The van der Waals surface area contributed by atoms with Gasteiger partial charge in [-0.15, -0.1) is 0 Å². The van der Waals surface area contributed by atoms with Crippen LogP contribution in [0.3, 0.4) is 0 Å². The van der Waals surface area contributed by atoms with Crippen molar-refractivity contribution in [1.29, 1.82) is 0 Å². The minimum Gasteiger partial charge on any atom is -0.373 e. The number of nitrogens with zero attached hydrogens (tertiary/aromatic N) is 4. The SMILES string of the molecule is CCNC(=NCCCN1CC(C)OC(C)C1)N1CCN(C(C)=O)CC1. The molecule has 0 aliphatic carbocycles. The maximum atomic E-state index is 11.5. The fraction of sp³-hybridized carbons (Fsp3) is 0.889. The average molecular weight is 354 g/mol. The first-order valence-electron chi connectivity index (χ1n) is 9.66. The standard InChI is InChI=1S/C18H35N5O2/c1-5-19-18(23-11-9-22(10-12-23)17(4)24)20-7-6-8-21-13-15(2)25-16(3)14-21/h15-16H,5-14H2,1-4H3,(H,19,20). The van der Waals surface area contributed by atoms with E-state index >= 15 is 0 Å². The van der Waals surface area contributed by atoms with Gasteiger partial charge in [-0.3, -0.25) is 14.7 Å². The number of aliphatic imine (C=N–C) groups is 1. The molecular formula is C18H35N5O2. The van der Waals surface area contributed by atoms with Crippen LogP contribution in [0.4, 0.5) is 0 Å². The third-order valence-corrected chi connectivity index (χ3v) is 4.75. The van der Waals surface area contributed by atoms with E-state index in [1.807, 2.05) is 4.90 Å². The lowest BCUT2D eigenvalue weighted by Crippen LogP contribution is -2.53. The van der Waals surface area contributed by atoms with Gasteiger partial charge in [-0.2, -0.15) is 0 Å². The van der Waals surface area contributed by atoms with E-state index in [9.17, 15) is 4.79 Å². The number of hydrogen-bond donors (Lipinski definition) is 1. The smallest absolute Gasteiger partial charge is 0.219 e. The molecule has 144 valence electrons. The van der Waals surface area contributed by atoms with E-state index in [0.717, 1.165) is 71.3 Å². The molecule has 0 radical (unpaired) electrons. The van der Waals surface area contributed by atoms with Gasteiger partial charge in [0.15, 0.2) is 5.96 Å². The van der Waals surface area contributed by atoms with Crippen LogP contribution < -0.4 is 5.32 Å². The first kappa shape index (κ1) is 20.0. The lowest BCUT2D eigenvalue weighted by Gasteiger charge is -2.36. The molecule has 7 heteroatoms. The van der Waals surface area contributed by atoms with Gasteiger partial charge >= 0.3 is 0 Å². The van der Waals surface area contributed by atoms with Crippen molar-refractivity contribution in [3.63, 3.8) is 0 Å². The second kappa shape index (κ2) is 9.97. The first-order chi connectivity index (χ1) is 12.0. The molecule has 2 saturated heterocycles. The summed E-state index contributed by atoms with van der Waals surface area (Å²) in [6.07, 6.45) is 1.70. The predicted molar refractivity (Wildman–Crippen MR) is 101 cm³/mol. The molecule has 25 heavy (non-hydrogen) atoms. The van der Waals surface area contributed by atoms with Crippen LogP contribution in [0.25, 0.3) is 0 Å². The Bertz CT molecular complexity index is 439. The Kier molecular flexibility index (Phi) is 7.96. The summed E-state index contributed by atoms with van der Waals surface area (Å²) in [7, 11) is 0. The maximum absolute atomic E-state index is 11.5. The fourth-order valence-electron chi connectivity index (χ4n) is 3.61. The molecule has 1 N–H and O–H groups in total. The number of piperazine rings is 1. The maximum Gasteiger partial charge on any atom is 0.219 e. The highest BCUT2D eigenvalue weighted by Crippen LogP contribution is 2.10. The summed E-state index contributed by atoms with van der Waals surface area (Å²) in [5, 5.41) is 3.39. The van der Waals surface area contributed by atoms with Gasteiger partial charge in [0.25, 0.3) is 0 Å². The summed E-state index contributed by atoms with van der Waals surface area (Å²) in [6, 6.07) is 0. The zero-order chi connectivity index (χ0) is 18.2. The quantitative estimate of drug-likeness (QED) is 0.446. The Morgan fingerprint density at radius 3 is 2.28 bits per heavy atom. The molecule has 2 unspecified atom stereocenters. The van der Waals surface area contributed by atoms with Crippen LogP contribution in [-0.2, 0) is 9.53 Å². The molecule has 7 nitrogen and oxygen atoms in total. The Morgan fingerprint density at radius 2 is 1.72 bits per heavy atom. The van der Waals surface area contributed by atoms with Gasteiger partial charge in [0.1, 0.15) is 0 Å². The van der Waals surface area contributed by atoms with Gasteiger partial charge in [0, 0.05) is 65.8 Å². The van der Waals surface area contributed by atoms with Gasteiger partial charge < -0.3 is 19.9 Å². The number of guanidine groups is 1. The zero-order valence-corrected chi connectivity index (χ0v) is 16.3. The molecular weight excluding hydrogens is 318 g/mol. The number of rotatable bonds is 5. The number of carbonyl (C=O) groups is 1. The van der Waals surface area contributed by atoms with Gasteiger partial charge in [0.2, 0.25) is 5.91 Å². The molecule has 0 bridgehead atoms. The molecule has 2 heterocycles. The molecule has 0 aromatic heterocycles. The van der Waals surface area contributed by atoms with Crippen molar-refractivity contribution in [3.05, 3.63) is 0 Å². The van der Waals surface area contributed by atoms with Crippen molar-refractivity contribution in [3.8, 4) is 0 Å². The van der Waals surface area contributed by atoms with E-state index in [1.165, 1.54) is 0 Å². The Hall–Kier alpha value is -1.34. The molecule has 0 aromatic carbocycles. The molecule has 0 aromatic rings. The van der Waals surface area contributed by atoms with Crippen molar-refractivity contribution in [2.75, 3.05) is 58.9 Å². The molecule has 2 aliphatic rings. The monoisotopic (exact) mass is 353 g/mol. The van der Waals surface area contributed by atoms with Crippen molar-refractivity contribution >= 4 is 11.9 Å². The minimum atomic E-state index is 0.163. The van der Waals surface area contributed by atoms with Crippen molar-refractivity contribution < 1.29 is 9.53 Å². The van der Waals surface area contributed by atoms with Gasteiger partial charge in [-0.1, -0.05) is 0 Å². The van der Waals surface area contributed by atoms with Gasteiger partial charge in [-0.25, -0.2) is 0 Å². The normalized spacial score (nSPS) is 26.0. The van der Waals surface area contributed by atoms with E-state index in [1.54, 1.807) is 6.92 Å². The molecule has 0 spiro atoms. The Morgan fingerprint density at radius 1 is 1.12 bits per heavy atom. The van der Waals surface area contributed by atoms with Crippen LogP contribution in [0, 0.1) is 0 Å². The highest BCUT2D eigenvalue weighted by atomic mass is 16.5. The number of carbonyl (C=O) groups excluding carboxylic acids is 1. The number of amides is 1. The van der Waals surface area contributed by atoms with Crippen LogP contribution >= 0.6 is 0 Å². The van der Waals surface area contributed by atoms with Gasteiger partial charge in [0.05, 0.1) is 12.2 Å². The lowest BCUT2D eigenvalue weighted by atomic mass is 10.2. The van der Waals surface area contributed by atoms with Crippen molar-refractivity contribution in [2.24, 2.45) is 4.99 Å². The highest BCUT2D eigenvalue weighted by Gasteiger charge is 2.22. The largest absolute Gasteiger partial charge is 0.373 e. The Labute approximate surface area is 152 Å². The van der Waals surface area contributed by atoms with E-state index in [0.29, 0.717) is 12.2 Å². The third-order valence-electron chi connectivity index (χ3n) is 4.75.